The molecule has 4 heteroatoms. The normalized spacial score (nSPS) is 27.4. The van der Waals surface area contributed by atoms with E-state index in [1.165, 1.54) is 38.2 Å². The van der Waals surface area contributed by atoms with Gasteiger partial charge >= 0.3 is 0 Å². The van der Waals surface area contributed by atoms with Crippen molar-refractivity contribution in [3.63, 3.8) is 0 Å². The predicted octanol–water partition coefficient (Wildman–Crippen LogP) is 2.46. The van der Waals surface area contributed by atoms with Gasteiger partial charge in [0.25, 0.3) is 0 Å². The molecule has 20 heavy (non-hydrogen) atoms. The van der Waals surface area contributed by atoms with Crippen LogP contribution in [0.25, 0.3) is 0 Å². The van der Waals surface area contributed by atoms with Gasteiger partial charge in [0.05, 0.1) is 0 Å². The summed E-state index contributed by atoms with van der Waals surface area (Å²) >= 11 is 5.95. The van der Waals surface area contributed by atoms with Crippen molar-refractivity contribution in [2.24, 2.45) is 5.92 Å². The standard InChI is InChI=1S/C16H24ClN3/c1-18-12-13-2-7-16(13)20-10-8-19(9-11-20)15-5-3-14(17)4-6-15/h3-6,13,16,18H,2,7-12H2,1H3. The summed E-state index contributed by atoms with van der Waals surface area (Å²) in [7, 11) is 2.06. The molecule has 1 aliphatic heterocycles. The molecular weight excluding hydrogens is 270 g/mol. The average Bonchev–Trinajstić information content (AvgIpc) is 2.45. The predicted molar refractivity (Wildman–Crippen MR) is 85.7 cm³/mol. The maximum atomic E-state index is 5.95. The Morgan fingerprint density at radius 1 is 1.10 bits per heavy atom. The second kappa shape index (κ2) is 6.33. The smallest absolute Gasteiger partial charge is 0.0407 e. The summed E-state index contributed by atoms with van der Waals surface area (Å²) in [4.78, 5) is 5.16. The SMILES string of the molecule is CNCC1CCC1N1CCN(c2ccc(Cl)cc2)CC1. The van der Waals surface area contributed by atoms with E-state index in [4.69, 9.17) is 11.6 Å². The lowest BCUT2D eigenvalue weighted by molar-refractivity contribution is 0.0583. The van der Waals surface area contributed by atoms with Gasteiger partial charge in [0, 0.05) is 42.9 Å². The molecule has 0 spiro atoms. The third kappa shape index (κ3) is 2.95. The molecule has 0 radical (unpaired) electrons. The van der Waals surface area contributed by atoms with E-state index in [2.05, 4.69) is 34.3 Å². The van der Waals surface area contributed by atoms with Crippen LogP contribution in [0.2, 0.25) is 5.02 Å². The van der Waals surface area contributed by atoms with Crippen LogP contribution in [-0.2, 0) is 0 Å². The first-order valence-electron chi connectivity index (χ1n) is 7.67. The van der Waals surface area contributed by atoms with Crippen LogP contribution in [0.3, 0.4) is 0 Å². The van der Waals surface area contributed by atoms with Crippen molar-refractivity contribution in [2.45, 2.75) is 18.9 Å². The summed E-state index contributed by atoms with van der Waals surface area (Å²) in [5.74, 6) is 0.863. The van der Waals surface area contributed by atoms with Gasteiger partial charge < -0.3 is 10.2 Å². The Bertz CT molecular complexity index is 426. The minimum atomic E-state index is 0.815. The molecule has 2 fully saturated rings. The van der Waals surface area contributed by atoms with E-state index >= 15 is 0 Å². The maximum Gasteiger partial charge on any atom is 0.0407 e. The van der Waals surface area contributed by atoms with Gasteiger partial charge in [0.15, 0.2) is 0 Å². The summed E-state index contributed by atoms with van der Waals surface area (Å²) in [6, 6.07) is 9.04. The third-order valence-corrected chi connectivity index (χ3v) is 5.07. The maximum absolute atomic E-state index is 5.95. The molecule has 1 N–H and O–H groups in total. The van der Waals surface area contributed by atoms with E-state index < -0.39 is 0 Å². The highest BCUT2D eigenvalue weighted by molar-refractivity contribution is 6.30. The molecule has 2 unspecified atom stereocenters. The largest absolute Gasteiger partial charge is 0.369 e. The monoisotopic (exact) mass is 293 g/mol. The van der Waals surface area contributed by atoms with Crippen LogP contribution in [0.1, 0.15) is 12.8 Å². The van der Waals surface area contributed by atoms with Gasteiger partial charge in [-0.25, -0.2) is 0 Å². The number of benzene rings is 1. The number of rotatable bonds is 4. The fourth-order valence-electron chi connectivity index (χ4n) is 3.50. The Morgan fingerprint density at radius 2 is 1.80 bits per heavy atom. The van der Waals surface area contributed by atoms with Crippen molar-refractivity contribution in [1.29, 1.82) is 0 Å². The van der Waals surface area contributed by atoms with Gasteiger partial charge in [-0.1, -0.05) is 11.6 Å². The molecule has 3 rings (SSSR count). The first-order chi connectivity index (χ1) is 9.78. The number of nitrogens with zero attached hydrogens (tertiary/aromatic N) is 2. The Hall–Kier alpha value is -0.770. The molecule has 2 aliphatic rings. The van der Waals surface area contributed by atoms with E-state index in [9.17, 15) is 0 Å². The Labute approximate surface area is 126 Å². The number of hydrogen-bond acceptors (Lipinski definition) is 3. The van der Waals surface area contributed by atoms with Crippen molar-refractivity contribution in [1.82, 2.24) is 10.2 Å². The van der Waals surface area contributed by atoms with Crippen LogP contribution in [0.15, 0.2) is 24.3 Å². The zero-order valence-corrected chi connectivity index (χ0v) is 12.9. The van der Waals surface area contributed by atoms with E-state index in [1.54, 1.807) is 0 Å². The lowest BCUT2D eigenvalue weighted by Crippen LogP contribution is -2.57. The molecule has 1 saturated heterocycles. The van der Waals surface area contributed by atoms with Gasteiger partial charge in [-0.2, -0.15) is 0 Å². The second-order valence-corrected chi connectivity index (χ2v) is 6.40. The average molecular weight is 294 g/mol. The van der Waals surface area contributed by atoms with Gasteiger partial charge in [-0.15, -0.1) is 0 Å². The molecular formula is C16H24ClN3. The van der Waals surface area contributed by atoms with Crippen molar-refractivity contribution >= 4 is 17.3 Å². The van der Waals surface area contributed by atoms with Gasteiger partial charge in [-0.3, -0.25) is 4.90 Å². The molecule has 1 heterocycles. The lowest BCUT2D eigenvalue weighted by atomic mass is 9.78. The summed E-state index contributed by atoms with van der Waals surface area (Å²) in [5.41, 5.74) is 1.30. The minimum absolute atomic E-state index is 0.815. The van der Waals surface area contributed by atoms with E-state index in [-0.39, 0.29) is 0 Å². The summed E-state index contributed by atoms with van der Waals surface area (Å²) < 4.78 is 0. The Morgan fingerprint density at radius 3 is 2.35 bits per heavy atom. The molecule has 3 nitrogen and oxygen atoms in total. The van der Waals surface area contributed by atoms with Crippen LogP contribution in [0.5, 0.6) is 0 Å². The molecule has 1 aromatic carbocycles. The topological polar surface area (TPSA) is 18.5 Å². The van der Waals surface area contributed by atoms with Crippen LogP contribution < -0.4 is 10.2 Å². The molecule has 110 valence electrons. The van der Waals surface area contributed by atoms with E-state index in [0.717, 1.165) is 30.1 Å². The number of anilines is 1. The molecule has 0 bridgehead atoms. The van der Waals surface area contributed by atoms with Gasteiger partial charge in [0.2, 0.25) is 0 Å². The highest BCUT2D eigenvalue weighted by atomic mass is 35.5. The van der Waals surface area contributed by atoms with Crippen molar-refractivity contribution in [3.05, 3.63) is 29.3 Å². The Balaban J connectivity index is 1.53. The molecule has 1 saturated carbocycles. The molecule has 0 aromatic heterocycles. The fraction of sp³-hybridized carbons (Fsp3) is 0.625. The van der Waals surface area contributed by atoms with Gasteiger partial charge in [-0.05, 0) is 56.6 Å². The highest BCUT2D eigenvalue weighted by Gasteiger charge is 2.36. The molecule has 1 aromatic rings. The third-order valence-electron chi connectivity index (χ3n) is 4.82. The number of halogens is 1. The van der Waals surface area contributed by atoms with Crippen LogP contribution in [-0.4, -0.2) is 50.7 Å². The Kier molecular flexibility index (Phi) is 4.49. The zero-order valence-electron chi connectivity index (χ0n) is 12.2. The van der Waals surface area contributed by atoms with Crippen molar-refractivity contribution in [3.8, 4) is 0 Å². The van der Waals surface area contributed by atoms with E-state index in [0.29, 0.717) is 0 Å². The number of hydrogen-bond donors (Lipinski definition) is 1. The van der Waals surface area contributed by atoms with Crippen LogP contribution >= 0.6 is 11.6 Å². The molecule has 1 aliphatic carbocycles. The van der Waals surface area contributed by atoms with Crippen molar-refractivity contribution in [2.75, 3.05) is 44.7 Å². The van der Waals surface area contributed by atoms with Crippen LogP contribution in [0.4, 0.5) is 5.69 Å². The van der Waals surface area contributed by atoms with Crippen molar-refractivity contribution < 1.29 is 0 Å². The zero-order chi connectivity index (χ0) is 13.9. The summed E-state index contributed by atoms with van der Waals surface area (Å²) in [6.07, 6.45) is 2.77. The summed E-state index contributed by atoms with van der Waals surface area (Å²) in [5, 5.41) is 4.15. The number of nitrogens with one attached hydrogen (secondary N) is 1. The van der Waals surface area contributed by atoms with Gasteiger partial charge in [0.1, 0.15) is 0 Å². The minimum Gasteiger partial charge on any atom is -0.369 e. The van der Waals surface area contributed by atoms with E-state index in [1.807, 2.05) is 12.1 Å². The fourth-order valence-corrected chi connectivity index (χ4v) is 3.62. The van der Waals surface area contributed by atoms with Crippen LogP contribution in [0, 0.1) is 5.92 Å². The quantitative estimate of drug-likeness (QED) is 0.920. The first-order valence-corrected chi connectivity index (χ1v) is 8.05. The second-order valence-electron chi connectivity index (χ2n) is 5.96. The molecule has 2 atom stereocenters. The number of piperazine rings is 1. The highest BCUT2D eigenvalue weighted by Crippen LogP contribution is 2.32. The first kappa shape index (κ1) is 14.2. The molecule has 0 amide bonds. The summed E-state index contributed by atoms with van der Waals surface area (Å²) in [6.45, 7) is 5.80. The lowest BCUT2D eigenvalue weighted by Gasteiger charge is -2.48.